The predicted octanol–water partition coefficient (Wildman–Crippen LogP) is 3.91. The lowest BCUT2D eigenvalue weighted by Crippen LogP contribution is -2.54. The number of aryl methyl sites for hydroxylation is 2. The first-order valence-electron chi connectivity index (χ1n) is 9.04. The number of benzene rings is 1. The molecule has 124 valence electrons. The fourth-order valence-corrected chi connectivity index (χ4v) is 5.82. The van der Waals surface area contributed by atoms with E-state index in [4.69, 9.17) is 0 Å². The van der Waals surface area contributed by atoms with E-state index in [-0.39, 0.29) is 17.9 Å². The zero-order chi connectivity index (χ0) is 16.6. The summed E-state index contributed by atoms with van der Waals surface area (Å²) in [5.41, 5.74) is 6.68. The van der Waals surface area contributed by atoms with E-state index in [0.717, 1.165) is 19.4 Å². The third-order valence-electron chi connectivity index (χ3n) is 6.68. The number of carboxylic acid groups (broad SMARTS) is 1. The summed E-state index contributed by atoms with van der Waals surface area (Å²) in [6, 6.07) is 1.93. The average Bonchev–Trinajstić information content (AvgIpc) is 3.17. The maximum atomic E-state index is 12.2. The van der Waals surface area contributed by atoms with Crippen LogP contribution in [0.5, 0.6) is 0 Å². The van der Waals surface area contributed by atoms with Crippen molar-refractivity contribution in [2.75, 3.05) is 11.4 Å². The van der Waals surface area contributed by atoms with Gasteiger partial charge in [0.2, 0.25) is 0 Å². The molecule has 3 nitrogen and oxygen atoms in total. The van der Waals surface area contributed by atoms with Gasteiger partial charge in [0.25, 0.3) is 0 Å². The third-order valence-corrected chi connectivity index (χ3v) is 6.68. The Kier molecular flexibility index (Phi) is 2.83. The van der Waals surface area contributed by atoms with E-state index in [1.54, 1.807) is 0 Å². The van der Waals surface area contributed by atoms with Crippen molar-refractivity contribution < 1.29 is 9.90 Å². The number of hydrogen-bond acceptors (Lipinski definition) is 2. The molecule has 4 aliphatic rings. The minimum atomic E-state index is -0.658. The van der Waals surface area contributed by atoms with Gasteiger partial charge in [-0.15, -0.1) is 0 Å². The van der Waals surface area contributed by atoms with E-state index in [1.165, 1.54) is 27.9 Å². The predicted molar refractivity (Wildman–Crippen MR) is 94.7 cm³/mol. The van der Waals surface area contributed by atoms with Crippen LogP contribution < -0.4 is 4.90 Å². The molecule has 0 unspecified atom stereocenters. The van der Waals surface area contributed by atoms with Gasteiger partial charge < -0.3 is 10.0 Å². The summed E-state index contributed by atoms with van der Waals surface area (Å²) in [5.74, 6) is 0.772. The Bertz CT molecular complexity index is 786. The van der Waals surface area contributed by atoms with Gasteiger partial charge in [-0.25, -0.2) is 4.79 Å². The Balaban J connectivity index is 1.82. The summed E-state index contributed by atoms with van der Waals surface area (Å²) < 4.78 is 0. The molecular formula is C21H23NO2. The summed E-state index contributed by atoms with van der Waals surface area (Å²) in [6.07, 6.45) is 11.0. The Morgan fingerprint density at radius 2 is 1.75 bits per heavy atom. The molecule has 0 spiro atoms. The molecule has 5 rings (SSSR count). The molecule has 5 atom stereocenters. The van der Waals surface area contributed by atoms with Crippen LogP contribution in [0.15, 0.2) is 30.4 Å². The number of rotatable bonds is 1. The zero-order valence-corrected chi connectivity index (χ0v) is 14.2. The minimum absolute atomic E-state index is 0.176. The number of fused-ring (bicyclic) bond motifs is 4. The van der Waals surface area contributed by atoms with Gasteiger partial charge in [0, 0.05) is 30.0 Å². The first-order chi connectivity index (χ1) is 11.6. The van der Waals surface area contributed by atoms with Gasteiger partial charge in [0.15, 0.2) is 0 Å². The SMILES string of the molecule is Cc1cc(C)c2c3c1[C@@H]1C=CC[C@@H]1CN3[C@H](C(=O)O)[C@H]1CC=C[C@@H]21. The van der Waals surface area contributed by atoms with E-state index in [9.17, 15) is 9.90 Å². The Labute approximate surface area is 142 Å². The molecule has 2 aliphatic heterocycles. The van der Waals surface area contributed by atoms with Crippen LogP contribution in [0, 0.1) is 25.7 Å². The minimum Gasteiger partial charge on any atom is -0.480 e. The van der Waals surface area contributed by atoms with Crippen molar-refractivity contribution in [3.05, 3.63) is 52.6 Å². The summed E-state index contributed by atoms with van der Waals surface area (Å²) in [6.45, 7) is 5.27. The maximum absolute atomic E-state index is 12.2. The maximum Gasteiger partial charge on any atom is 0.326 e. The highest BCUT2D eigenvalue weighted by molar-refractivity contribution is 5.84. The molecule has 2 heterocycles. The van der Waals surface area contributed by atoms with Crippen molar-refractivity contribution in [2.45, 2.75) is 44.6 Å². The normalized spacial score (nSPS) is 34.9. The molecule has 1 aromatic rings. The van der Waals surface area contributed by atoms with Crippen LogP contribution >= 0.6 is 0 Å². The lowest BCUT2D eigenvalue weighted by Gasteiger charge is -2.50. The molecule has 3 heteroatoms. The number of hydrogen-bond donors (Lipinski definition) is 1. The molecule has 0 bridgehead atoms. The van der Waals surface area contributed by atoms with Crippen molar-refractivity contribution in [1.82, 2.24) is 0 Å². The van der Waals surface area contributed by atoms with Crippen LogP contribution in [-0.4, -0.2) is 23.7 Å². The summed E-state index contributed by atoms with van der Waals surface area (Å²) in [7, 11) is 0. The van der Waals surface area contributed by atoms with Crippen molar-refractivity contribution in [2.24, 2.45) is 11.8 Å². The zero-order valence-electron chi connectivity index (χ0n) is 14.2. The second-order valence-corrected chi connectivity index (χ2v) is 7.92. The van der Waals surface area contributed by atoms with E-state index < -0.39 is 5.97 Å². The van der Waals surface area contributed by atoms with Crippen LogP contribution in [0.2, 0.25) is 0 Å². The molecule has 0 radical (unpaired) electrons. The molecule has 2 aliphatic carbocycles. The molecule has 0 amide bonds. The number of anilines is 1. The van der Waals surface area contributed by atoms with E-state index >= 15 is 0 Å². The molecule has 0 aromatic heterocycles. The Hall–Kier alpha value is -2.03. The van der Waals surface area contributed by atoms with E-state index in [0.29, 0.717) is 11.8 Å². The van der Waals surface area contributed by atoms with Crippen molar-refractivity contribution >= 4 is 11.7 Å². The molecule has 0 saturated heterocycles. The molecule has 0 saturated carbocycles. The highest BCUT2D eigenvalue weighted by Gasteiger charge is 2.50. The van der Waals surface area contributed by atoms with Crippen molar-refractivity contribution in [3.8, 4) is 0 Å². The fraction of sp³-hybridized carbons (Fsp3) is 0.476. The Morgan fingerprint density at radius 1 is 1.08 bits per heavy atom. The lowest BCUT2D eigenvalue weighted by molar-refractivity contribution is -0.140. The molecule has 1 N–H and O–H groups in total. The number of nitrogens with zero attached hydrogens (tertiary/aromatic N) is 1. The average molecular weight is 321 g/mol. The van der Waals surface area contributed by atoms with Crippen LogP contribution in [0.4, 0.5) is 5.69 Å². The van der Waals surface area contributed by atoms with Gasteiger partial charge >= 0.3 is 5.97 Å². The molecular weight excluding hydrogens is 298 g/mol. The molecule has 1 aromatic carbocycles. The first kappa shape index (κ1) is 14.3. The number of carbonyl (C=O) groups is 1. The Morgan fingerprint density at radius 3 is 2.50 bits per heavy atom. The first-order valence-corrected chi connectivity index (χ1v) is 9.04. The van der Waals surface area contributed by atoms with Crippen LogP contribution in [0.25, 0.3) is 0 Å². The second kappa shape index (κ2) is 4.75. The topological polar surface area (TPSA) is 40.5 Å². The monoisotopic (exact) mass is 321 g/mol. The van der Waals surface area contributed by atoms with Gasteiger partial charge in [-0.1, -0.05) is 30.4 Å². The van der Waals surface area contributed by atoms with Crippen LogP contribution in [-0.2, 0) is 4.79 Å². The van der Waals surface area contributed by atoms with Crippen LogP contribution in [0.1, 0.15) is 46.9 Å². The number of carboxylic acids is 1. The van der Waals surface area contributed by atoms with Gasteiger partial charge in [-0.05, 0) is 54.9 Å². The second-order valence-electron chi connectivity index (χ2n) is 7.92. The number of aliphatic carboxylic acids is 1. The summed E-state index contributed by atoms with van der Waals surface area (Å²) in [4.78, 5) is 14.4. The van der Waals surface area contributed by atoms with Gasteiger partial charge in [0.1, 0.15) is 6.04 Å². The third kappa shape index (κ3) is 1.65. The smallest absolute Gasteiger partial charge is 0.326 e. The van der Waals surface area contributed by atoms with Crippen molar-refractivity contribution in [1.29, 1.82) is 0 Å². The van der Waals surface area contributed by atoms with Crippen LogP contribution in [0.3, 0.4) is 0 Å². The van der Waals surface area contributed by atoms with Crippen molar-refractivity contribution in [3.63, 3.8) is 0 Å². The highest BCUT2D eigenvalue weighted by Crippen LogP contribution is 2.56. The lowest BCUT2D eigenvalue weighted by atomic mass is 9.70. The summed E-state index contributed by atoms with van der Waals surface area (Å²) in [5, 5.41) is 10.0. The van der Waals surface area contributed by atoms with E-state index in [1.807, 2.05) is 0 Å². The standard InChI is InChI=1S/C21H23NO2/c1-11-9-12(2)18-15-7-4-8-16(15)19(21(23)24)22-10-13-5-3-6-14(13)17(11)20(18)22/h3-4,6-7,9,13-16,19H,5,8,10H2,1-2H3,(H,23,24)/t13-,14-,15-,16+,19+/m1/s1. The van der Waals surface area contributed by atoms with Gasteiger partial charge in [-0.2, -0.15) is 0 Å². The van der Waals surface area contributed by atoms with Gasteiger partial charge in [-0.3, -0.25) is 0 Å². The summed E-state index contributed by atoms with van der Waals surface area (Å²) >= 11 is 0. The fourth-order valence-electron chi connectivity index (χ4n) is 5.82. The quantitative estimate of drug-likeness (QED) is 0.797. The molecule has 0 fully saturated rings. The molecule has 24 heavy (non-hydrogen) atoms. The number of allylic oxidation sites excluding steroid dienone is 4. The highest BCUT2D eigenvalue weighted by atomic mass is 16.4. The van der Waals surface area contributed by atoms with Gasteiger partial charge in [0.05, 0.1) is 0 Å². The van der Waals surface area contributed by atoms with E-state index in [2.05, 4.69) is 49.1 Å². The largest absolute Gasteiger partial charge is 0.480 e.